The molecule has 0 N–H and O–H groups in total. The number of nitrogens with zero attached hydrogens (tertiary/aromatic N) is 5. The summed E-state index contributed by atoms with van der Waals surface area (Å²) >= 11 is 0. The second kappa shape index (κ2) is 10.4. The quantitative estimate of drug-likeness (QED) is 0.210. The summed E-state index contributed by atoms with van der Waals surface area (Å²) < 4.78 is 0. The third kappa shape index (κ3) is 4.29. The fourth-order valence-corrected chi connectivity index (χ4v) is 6.47. The van der Waals surface area contributed by atoms with E-state index in [1.165, 1.54) is 50.7 Å². The van der Waals surface area contributed by atoms with Crippen molar-refractivity contribution in [2.24, 2.45) is 0 Å². The summed E-state index contributed by atoms with van der Waals surface area (Å²) in [5.74, 6) is 0. The average molecular weight is 558 g/mol. The summed E-state index contributed by atoms with van der Waals surface area (Å²) in [6.07, 6.45) is 3.95. The molecule has 43 heavy (non-hydrogen) atoms. The van der Waals surface area contributed by atoms with Gasteiger partial charge in [-0.2, -0.15) is 0 Å². The Hall–Kier alpha value is -5.55. The molecule has 0 aliphatic carbocycles. The Bertz CT molecular complexity index is 1860. The van der Waals surface area contributed by atoms with Gasteiger partial charge in [-0.15, -0.1) is 0 Å². The van der Waals surface area contributed by atoms with Crippen LogP contribution in [0.15, 0.2) is 146 Å². The molecule has 0 radical (unpaired) electrons. The maximum absolute atomic E-state index is 4.75. The normalized spacial score (nSPS) is 13.8. The SMILES string of the molecule is CN1CN(c2cncc(N3CN(c4c(-c5ccccc5)cccc4-c4ccccc4)c4ccccc43)c2)c2ccccc21. The molecule has 0 saturated heterocycles. The third-order valence-corrected chi connectivity index (χ3v) is 8.49. The van der Waals surface area contributed by atoms with E-state index in [2.05, 4.69) is 160 Å². The van der Waals surface area contributed by atoms with E-state index < -0.39 is 0 Å². The van der Waals surface area contributed by atoms with Crippen LogP contribution in [0.2, 0.25) is 0 Å². The molecule has 3 heterocycles. The molecular formula is C38H31N5. The zero-order valence-corrected chi connectivity index (χ0v) is 24.0. The zero-order chi connectivity index (χ0) is 28.8. The smallest absolute Gasteiger partial charge is 0.100 e. The third-order valence-electron chi connectivity index (χ3n) is 8.49. The first-order chi connectivity index (χ1) is 21.3. The van der Waals surface area contributed by atoms with Crippen LogP contribution in [0.1, 0.15) is 0 Å². The standard InChI is InChI=1S/C38H31N5/c1-40-26-41(35-20-9-8-19-34(35)40)30-23-31(25-39-24-30)42-27-43(37-22-11-10-21-36(37)42)38-32(28-13-4-2-5-14-28)17-12-18-33(38)29-15-6-3-7-16-29/h2-25H,26-27H2,1H3. The van der Waals surface area contributed by atoms with Gasteiger partial charge < -0.3 is 19.6 Å². The first kappa shape index (κ1) is 25.2. The highest BCUT2D eigenvalue weighted by molar-refractivity contribution is 5.98. The highest BCUT2D eigenvalue weighted by Crippen LogP contribution is 2.50. The van der Waals surface area contributed by atoms with Gasteiger partial charge in [0.05, 0.1) is 58.9 Å². The number of fused-ring (bicyclic) bond motifs is 2. The van der Waals surface area contributed by atoms with Gasteiger partial charge in [0.2, 0.25) is 0 Å². The van der Waals surface area contributed by atoms with Crippen LogP contribution in [0.25, 0.3) is 22.3 Å². The molecule has 5 aromatic carbocycles. The van der Waals surface area contributed by atoms with Crippen molar-refractivity contribution in [2.45, 2.75) is 0 Å². The Balaban J connectivity index is 1.25. The molecule has 2 aliphatic rings. The minimum atomic E-state index is 0.671. The summed E-state index contributed by atoms with van der Waals surface area (Å²) in [5.41, 5.74) is 13.0. The molecule has 5 nitrogen and oxygen atoms in total. The molecule has 8 rings (SSSR count). The van der Waals surface area contributed by atoms with Gasteiger partial charge in [0, 0.05) is 18.2 Å². The van der Waals surface area contributed by atoms with Crippen LogP contribution in [-0.2, 0) is 0 Å². The fourth-order valence-electron chi connectivity index (χ4n) is 6.47. The van der Waals surface area contributed by atoms with Crippen LogP contribution in [0, 0.1) is 0 Å². The molecule has 0 fully saturated rings. The molecule has 2 aliphatic heterocycles. The van der Waals surface area contributed by atoms with E-state index in [1.807, 2.05) is 12.4 Å². The van der Waals surface area contributed by atoms with Gasteiger partial charge in [0.25, 0.3) is 0 Å². The Kier molecular flexibility index (Phi) is 6.08. The van der Waals surface area contributed by atoms with Gasteiger partial charge >= 0.3 is 0 Å². The first-order valence-corrected chi connectivity index (χ1v) is 14.7. The molecule has 208 valence electrons. The fraction of sp³-hybridized carbons (Fsp3) is 0.0789. The van der Waals surface area contributed by atoms with E-state index in [9.17, 15) is 0 Å². The van der Waals surface area contributed by atoms with Gasteiger partial charge in [-0.1, -0.05) is 103 Å². The summed E-state index contributed by atoms with van der Waals surface area (Å²) in [7, 11) is 2.14. The van der Waals surface area contributed by atoms with Gasteiger partial charge in [-0.25, -0.2) is 0 Å². The maximum atomic E-state index is 4.75. The molecular weight excluding hydrogens is 526 g/mol. The van der Waals surface area contributed by atoms with Gasteiger partial charge in [0.1, 0.15) is 6.67 Å². The second-order valence-corrected chi connectivity index (χ2v) is 11.1. The molecule has 0 spiro atoms. The number of benzene rings is 5. The number of aromatic nitrogens is 1. The van der Waals surface area contributed by atoms with E-state index in [0.29, 0.717) is 6.67 Å². The lowest BCUT2D eigenvalue weighted by Crippen LogP contribution is -2.26. The van der Waals surface area contributed by atoms with Crippen molar-refractivity contribution < 1.29 is 0 Å². The summed E-state index contributed by atoms with van der Waals surface area (Å²) in [4.78, 5) is 14.2. The predicted molar refractivity (Wildman–Crippen MR) is 179 cm³/mol. The highest BCUT2D eigenvalue weighted by Gasteiger charge is 2.32. The van der Waals surface area contributed by atoms with Crippen LogP contribution in [0.5, 0.6) is 0 Å². The van der Waals surface area contributed by atoms with Crippen molar-refractivity contribution in [2.75, 3.05) is 40.0 Å². The molecule has 0 bridgehead atoms. The Morgan fingerprint density at radius 1 is 0.465 bits per heavy atom. The Morgan fingerprint density at radius 3 is 1.51 bits per heavy atom. The van der Waals surface area contributed by atoms with Gasteiger partial charge in [-0.05, 0) is 41.5 Å². The van der Waals surface area contributed by atoms with Crippen LogP contribution in [0.4, 0.5) is 39.8 Å². The van der Waals surface area contributed by atoms with E-state index in [0.717, 1.165) is 18.0 Å². The molecule has 0 saturated carbocycles. The van der Waals surface area contributed by atoms with Crippen LogP contribution >= 0.6 is 0 Å². The minimum Gasteiger partial charge on any atom is -0.355 e. The van der Waals surface area contributed by atoms with Crippen molar-refractivity contribution in [3.63, 3.8) is 0 Å². The Morgan fingerprint density at radius 2 is 0.930 bits per heavy atom. The average Bonchev–Trinajstić information content (AvgIpc) is 3.63. The van der Waals surface area contributed by atoms with Crippen molar-refractivity contribution in [3.8, 4) is 22.3 Å². The van der Waals surface area contributed by atoms with Crippen LogP contribution < -0.4 is 19.6 Å². The lowest BCUT2D eigenvalue weighted by Gasteiger charge is -2.27. The minimum absolute atomic E-state index is 0.671. The van der Waals surface area contributed by atoms with E-state index in [-0.39, 0.29) is 0 Å². The van der Waals surface area contributed by atoms with Gasteiger partial charge in [0.15, 0.2) is 0 Å². The number of anilines is 7. The second-order valence-electron chi connectivity index (χ2n) is 11.1. The lowest BCUT2D eigenvalue weighted by molar-refractivity contribution is 0.942. The van der Waals surface area contributed by atoms with E-state index >= 15 is 0 Å². The Labute approximate surface area is 252 Å². The molecule has 6 aromatic rings. The van der Waals surface area contributed by atoms with Crippen molar-refractivity contribution in [3.05, 3.63) is 146 Å². The van der Waals surface area contributed by atoms with Gasteiger partial charge in [-0.3, -0.25) is 4.98 Å². The first-order valence-electron chi connectivity index (χ1n) is 14.7. The van der Waals surface area contributed by atoms with E-state index in [1.54, 1.807) is 0 Å². The number of hydrogen-bond donors (Lipinski definition) is 0. The summed E-state index contributed by atoms with van der Waals surface area (Å²) in [5, 5.41) is 0. The predicted octanol–water partition coefficient (Wildman–Crippen LogP) is 9.21. The topological polar surface area (TPSA) is 25.9 Å². The number of rotatable bonds is 5. The largest absolute Gasteiger partial charge is 0.355 e. The number of pyridine rings is 1. The monoisotopic (exact) mass is 557 g/mol. The van der Waals surface area contributed by atoms with Crippen molar-refractivity contribution >= 4 is 39.8 Å². The molecule has 5 heteroatoms. The van der Waals surface area contributed by atoms with E-state index in [4.69, 9.17) is 4.98 Å². The molecule has 0 amide bonds. The zero-order valence-electron chi connectivity index (χ0n) is 24.0. The molecule has 0 unspecified atom stereocenters. The number of para-hydroxylation sites is 5. The lowest BCUT2D eigenvalue weighted by atomic mass is 9.95. The number of hydrogen-bond acceptors (Lipinski definition) is 5. The molecule has 1 aromatic heterocycles. The molecule has 0 atom stereocenters. The summed E-state index contributed by atoms with van der Waals surface area (Å²) in [6, 6.07) is 47.6. The van der Waals surface area contributed by atoms with Crippen molar-refractivity contribution in [1.82, 2.24) is 4.98 Å². The highest BCUT2D eigenvalue weighted by atomic mass is 15.4. The maximum Gasteiger partial charge on any atom is 0.100 e. The summed E-state index contributed by atoms with van der Waals surface area (Å²) in [6.45, 7) is 1.46. The van der Waals surface area contributed by atoms with Crippen LogP contribution in [0.3, 0.4) is 0 Å². The van der Waals surface area contributed by atoms with Crippen molar-refractivity contribution in [1.29, 1.82) is 0 Å². The van der Waals surface area contributed by atoms with Crippen LogP contribution in [-0.4, -0.2) is 25.4 Å².